The summed E-state index contributed by atoms with van der Waals surface area (Å²) in [4.78, 5) is 44.2. The van der Waals surface area contributed by atoms with Crippen molar-refractivity contribution in [3.05, 3.63) is 0 Å². The van der Waals surface area contributed by atoms with E-state index in [0.717, 1.165) is 102 Å². The molecule has 0 bridgehead atoms. The summed E-state index contributed by atoms with van der Waals surface area (Å²) in [7, 11) is 4.00. The number of amides is 3. The number of unbranched alkanes of at least 4 members (excludes halogenated alkanes) is 24. The summed E-state index contributed by atoms with van der Waals surface area (Å²) in [5, 5.41) is -0.583. The monoisotopic (exact) mass is 783 g/mol. The number of rotatable bonds is 38. The number of thioether (sulfide) groups is 1. The van der Waals surface area contributed by atoms with Crippen molar-refractivity contribution in [1.29, 1.82) is 0 Å². The minimum atomic E-state index is -0.855. The van der Waals surface area contributed by atoms with Crippen LogP contribution in [0.2, 0.25) is 0 Å². The number of carbonyl (C=O) groups excluding carboxylic acids is 3. The minimum Gasteiger partial charge on any atom is -0.445 e. The van der Waals surface area contributed by atoms with Crippen LogP contribution in [-0.2, 0) is 9.47 Å². The lowest BCUT2D eigenvalue weighted by Gasteiger charge is -2.25. The van der Waals surface area contributed by atoms with E-state index in [9.17, 15) is 14.4 Å². The molecule has 0 heterocycles. The maximum Gasteiger partial charge on any atom is 0.427 e. The molecule has 0 aliphatic rings. The average Bonchev–Trinajstić information content (AvgIpc) is 3.14. The van der Waals surface area contributed by atoms with Crippen LogP contribution in [0, 0.1) is 0 Å². The van der Waals surface area contributed by atoms with Crippen LogP contribution < -0.4 is 0 Å². The molecule has 0 aromatic carbocycles. The smallest absolute Gasteiger partial charge is 0.427 e. The zero-order chi connectivity index (χ0) is 39.9. The third kappa shape index (κ3) is 32.9. The molecule has 0 spiro atoms. The van der Waals surface area contributed by atoms with E-state index in [2.05, 4.69) is 32.6 Å². The molecule has 0 unspecified atom stereocenters. The van der Waals surface area contributed by atoms with Gasteiger partial charge in [0, 0.05) is 5.75 Å². The van der Waals surface area contributed by atoms with E-state index >= 15 is 0 Å². The molecule has 0 aliphatic carbocycles. The number of nitrogens with zero attached hydrogens (tertiary/aromatic N) is 2. The average molecular weight is 783 g/mol. The molecule has 0 aliphatic heterocycles. The minimum absolute atomic E-state index is 0.304. The van der Waals surface area contributed by atoms with Crippen LogP contribution in [0.25, 0.3) is 0 Å². The highest BCUT2D eigenvalue weighted by Gasteiger charge is 2.35. The SMILES string of the molecule is CCCCCCCCCC(CCCCCCCCC)OC(=O)N(C(=O)OC(CCCCCCCCC)CCCCCCCCC)C(=O)SCCCN(C)C. The molecule has 8 heteroatoms. The van der Waals surface area contributed by atoms with E-state index in [-0.39, 0.29) is 12.2 Å². The van der Waals surface area contributed by atoms with Gasteiger partial charge in [0.2, 0.25) is 0 Å². The first-order valence-electron chi connectivity index (χ1n) is 23.3. The van der Waals surface area contributed by atoms with Gasteiger partial charge in [-0.3, -0.25) is 4.79 Å². The van der Waals surface area contributed by atoms with Gasteiger partial charge in [-0.1, -0.05) is 194 Å². The van der Waals surface area contributed by atoms with Gasteiger partial charge in [-0.15, -0.1) is 4.90 Å². The first kappa shape index (κ1) is 52.7. The van der Waals surface area contributed by atoms with Crippen molar-refractivity contribution in [2.45, 2.75) is 252 Å². The quantitative estimate of drug-likeness (QED) is 0.0577. The Bertz CT molecular complexity index is 767. The van der Waals surface area contributed by atoms with Gasteiger partial charge >= 0.3 is 17.4 Å². The Morgan fingerprint density at radius 1 is 0.426 bits per heavy atom. The summed E-state index contributed by atoms with van der Waals surface area (Å²) in [6.07, 6.45) is 34.8. The second-order valence-electron chi connectivity index (χ2n) is 16.3. The lowest BCUT2D eigenvalue weighted by molar-refractivity contribution is 0.0394. The molecule has 320 valence electrons. The molecule has 0 atom stereocenters. The van der Waals surface area contributed by atoms with Gasteiger partial charge in [0.25, 0.3) is 0 Å². The van der Waals surface area contributed by atoms with Crippen LogP contribution in [-0.4, -0.2) is 65.8 Å². The normalized spacial score (nSPS) is 11.6. The highest BCUT2D eigenvalue weighted by molar-refractivity contribution is 8.13. The number of hydrogen-bond donors (Lipinski definition) is 0. The summed E-state index contributed by atoms with van der Waals surface area (Å²) in [5.74, 6) is 0.521. The van der Waals surface area contributed by atoms with Gasteiger partial charge in [0.1, 0.15) is 12.2 Å². The van der Waals surface area contributed by atoms with Crippen LogP contribution >= 0.6 is 11.8 Å². The Labute approximate surface area is 340 Å². The Kier molecular flexibility index (Phi) is 39.0. The van der Waals surface area contributed by atoms with Gasteiger partial charge in [-0.05, 0) is 78.4 Å². The molecule has 0 fully saturated rings. The van der Waals surface area contributed by atoms with Gasteiger partial charge in [0.15, 0.2) is 0 Å². The molecule has 0 aromatic heterocycles. The number of imide groups is 3. The maximum absolute atomic E-state index is 13.9. The first-order chi connectivity index (χ1) is 26.3. The fraction of sp³-hybridized carbons (Fsp3) is 0.935. The second kappa shape index (κ2) is 39.9. The Morgan fingerprint density at radius 3 is 0.981 bits per heavy atom. The predicted molar refractivity (Wildman–Crippen MR) is 234 cm³/mol. The molecule has 0 N–H and O–H groups in total. The van der Waals surface area contributed by atoms with Gasteiger partial charge < -0.3 is 14.4 Å². The second-order valence-corrected chi connectivity index (χ2v) is 17.3. The molecule has 0 saturated carbocycles. The largest absolute Gasteiger partial charge is 0.445 e. The molecule has 0 aromatic rings. The summed E-state index contributed by atoms with van der Waals surface area (Å²) >= 11 is 1.02. The Balaban J connectivity index is 5.73. The Morgan fingerprint density at radius 2 is 0.704 bits per heavy atom. The van der Waals surface area contributed by atoms with Gasteiger partial charge in [-0.25, -0.2) is 9.59 Å². The van der Waals surface area contributed by atoms with E-state index in [0.29, 0.717) is 10.7 Å². The fourth-order valence-electron chi connectivity index (χ4n) is 7.06. The van der Waals surface area contributed by atoms with Crippen molar-refractivity contribution in [3.63, 3.8) is 0 Å². The van der Waals surface area contributed by atoms with E-state index in [1.54, 1.807) is 0 Å². The molecular weight excluding hydrogens is 693 g/mol. The summed E-state index contributed by atoms with van der Waals surface area (Å²) in [6.45, 7) is 9.78. The van der Waals surface area contributed by atoms with E-state index in [1.165, 1.54) is 128 Å². The lowest BCUT2D eigenvalue weighted by atomic mass is 10.0. The summed E-state index contributed by atoms with van der Waals surface area (Å²) < 4.78 is 12.2. The summed E-state index contributed by atoms with van der Waals surface area (Å²) in [5.41, 5.74) is 0. The van der Waals surface area contributed by atoms with Gasteiger partial charge in [-0.2, -0.15) is 0 Å². The van der Waals surface area contributed by atoms with Crippen molar-refractivity contribution < 1.29 is 23.9 Å². The van der Waals surface area contributed by atoms with Crippen LogP contribution in [0.15, 0.2) is 0 Å². The number of ether oxygens (including phenoxy) is 2. The van der Waals surface area contributed by atoms with Crippen molar-refractivity contribution in [2.75, 3.05) is 26.4 Å². The third-order valence-corrected chi connectivity index (χ3v) is 11.5. The highest BCUT2D eigenvalue weighted by Crippen LogP contribution is 2.23. The van der Waals surface area contributed by atoms with E-state index in [4.69, 9.17) is 9.47 Å². The standard InChI is InChI=1S/C46H90N2O5S/c1-7-11-15-19-23-27-31-36-42(37-32-28-24-20-16-12-8-2)52-44(49)48(46(51)54-41-35-40-47(5)6)45(50)53-43(38-33-29-25-21-17-13-9-3)39-34-30-26-22-18-14-10-4/h42-43H,7-41H2,1-6H3. The number of carbonyl (C=O) groups is 3. The molecule has 54 heavy (non-hydrogen) atoms. The van der Waals surface area contributed by atoms with Crippen molar-refractivity contribution in [2.24, 2.45) is 0 Å². The third-order valence-electron chi connectivity index (χ3n) is 10.6. The molecule has 7 nitrogen and oxygen atoms in total. The fourth-order valence-corrected chi connectivity index (χ4v) is 7.79. The molecular formula is C46H90N2O5S. The molecule has 3 amide bonds. The lowest BCUT2D eigenvalue weighted by Crippen LogP contribution is -2.43. The zero-order valence-electron chi connectivity index (χ0n) is 36.7. The Hall–Kier alpha value is -1.28. The van der Waals surface area contributed by atoms with Crippen molar-refractivity contribution in [1.82, 2.24) is 9.80 Å². The predicted octanol–water partition coefficient (Wildman–Crippen LogP) is 15.7. The maximum atomic E-state index is 13.9. The topological polar surface area (TPSA) is 76.1 Å². The molecule has 0 saturated heterocycles. The first-order valence-corrected chi connectivity index (χ1v) is 24.3. The van der Waals surface area contributed by atoms with Gasteiger partial charge in [0.05, 0.1) is 0 Å². The highest BCUT2D eigenvalue weighted by atomic mass is 32.2. The van der Waals surface area contributed by atoms with E-state index in [1.807, 2.05) is 14.1 Å². The zero-order valence-corrected chi connectivity index (χ0v) is 37.6. The molecule has 0 radical (unpaired) electrons. The van der Waals surface area contributed by atoms with Crippen LogP contribution in [0.3, 0.4) is 0 Å². The van der Waals surface area contributed by atoms with Crippen LogP contribution in [0.4, 0.5) is 14.4 Å². The van der Waals surface area contributed by atoms with Crippen LogP contribution in [0.1, 0.15) is 240 Å². The van der Waals surface area contributed by atoms with Crippen LogP contribution in [0.5, 0.6) is 0 Å². The number of hydrogen-bond acceptors (Lipinski definition) is 7. The van der Waals surface area contributed by atoms with Crippen molar-refractivity contribution >= 4 is 29.2 Å². The van der Waals surface area contributed by atoms with Crippen molar-refractivity contribution in [3.8, 4) is 0 Å². The molecule has 0 rings (SSSR count). The van der Waals surface area contributed by atoms with E-state index < -0.39 is 17.4 Å². The summed E-state index contributed by atoms with van der Waals surface area (Å²) in [6, 6.07) is 0.